The van der Waals surface area contributed by atoms with E-state index in [0.717, 1.165) is 12.2 Å². The summed E-state index contributed by atoms with van der Waals surface area (Å²) in [5.74, 6) is 0.198. The number of halogens is 1. The molecule has 2 N–H and O–H groups in total. The van der Waals surface area contributed by atoms with Crippen molar-refractivity contribution >= 4 is 0 Å². The average molecular weight is 321 g/mol. The Bertz CT molecular complexity index is 606. The van der Waals surface area contributed by atoms with Crippen LogP contribution in [0.3, 0.4) is 0 Å². The van der Waals surface area contributed by atoms with Crippen molar-refractivity contribution in [2.24, 2.45) is 0 Å². The van der Waals surface area contributed by atoms with Gasteiger partial charge in [-0.25, -0.2) is 4.39 Å². The van der Waals surface area contributed by atoms with Crippen LogP contribution >= 0.6 is 0 Å². The summed E-state index contributed by atoms with van der Waals surface area (Å²) >= 11 is 0. The van der Waals surface area contributed by atoms with Crippen LogP contribution in [0, 0.1) is 5.82 Å². The molecular weight excluding hydrogens is 301 g/mol. The second-order valence-corrected chi connectivity index (χ2v) is 5.81. The molecule has 2 heterocycles. The lowest BCUT2D eigenvalue weighted by atomic mass is 10.1. The molecule has 2 aromatic rings. The van der Waals surface area contributed by atoms with Crippen molar-refractivity contribution < 1.29 is 19.0 Å². The largest absolute Gasteiger partial charge is 0.490 e. The number of nitrogens with one attached hydrogen (secondary N) is 1. The molecule has 124 valence electrons. The number of H-pyrrole nitrogens is 1. The quantitative estimate of drug-likeness (QED) is 0.866. The van der Waals surface area contributed by atoms with E-state index in [1.54, 1.807) is 18.3 Å². The van der Waals surface area contributed by atoms with Crippen molar-refractivity contribution in [3.63, 3.8) is 0 Å². The Morgan fingerprint density at radius 3 is 2.91 bits per heavy atom. The Balaban J connectivity index is 1.60. The van der Waals surface area contributed by atoms with Gasteiger partial charge >= 0.3 is 0 Å². The van der Waals surface area contributed by atoms with Gasteiger partial charge in [-0.2, -0.15) is 5.10 Å². The molecule has 0 amide bonds. The summed E-state index contributed by atoms with van der Waals surface area (Å²) in [6.07, 6.45) is 1.70. The normalized spacial score (nSPS) is 22.7. The molecule has 1 aromatic carbocycles. The summed E-state index contributed by atoms with van der Waals surface area (Å²) in [4.78, 5) is 2.09. The Kier molecular flexibility index (Phi) is 4.90. The Morgan fingerprint density at radius 1 is 1.35 bits per heavy atom. The summed E-state index contributed by atoms with van der Waals surface area (Å²) < 4.78 is 24.0. The molecule has 1 atom stereocenters. The predicted molar refractivity (Wildman–Crippen MR) is 81.5 cm³/mol. The first-order valence-corrected chi connectivity index (χ1v) is 7.52. The summed E-state index contributed by atoms with van der Waals surface area (Å²) in [5, 5.41) is 17.6. The first-order chi connectivity index (χ1) is 11.1. The number of rotatable bonds is 5. The molecule has 1 fully saturated rings. The van der Waals surface area contributed by atoms with Crippen molar-refractivity contribution in [1.29, 1.82) is 0 Å². The van der Waals surface area contributed by atoms with Crippen molar-refractivity contribution in [3.05, 3.63) is 48.0 Å². The number of aromatic amines is 1. The van der Waals surface area contributed by atoms with Gasteiger partial charge in [-0.05, 0) is 30.3 Å². The molecule has 0 aliphatic carbocycles. The highest BCUT2D eigenvalue weighted by Gasteiger charge is 2.33. The number of β-amino-alcohol motifs (C(OH)–C–C–N with tert-alkyl or cyclic N) is 1. The third kappa shape index (κ3) is 4.51. The molecular formula is C16H20FN3O3. The van der Waals surface area contributed by atoms with Crippen molar-refractivity contribution in [2.75, 3.05) is 32.9 Å². The number of benzene rings is 1. The zero-order valence-electron chi connectivity index (χ0n) is 12.7. The second-order valence-electron chi connectivity index (χ2n) is 5.81. The maximum atomic E-state index is 12.9. The maximum Gasteiger partial charge on any atom is 0.134 e. The van der Waals surface area contributed by atoms with E-state index in [0.29, 0.717) is 25.4 Å². The Labute approximate surface area is 133 Å². The zero-order valence-corrected chi connectivity index (χ0v) is 12.7. The number of hydrogen-bond donors (Lipinski definition) is 2. The van der Waals surface area contributed by atoms with Crippen molar-refractivity contribution in [1.82, 2.24) is 15.1 Å². The van der Waals surface area contributed by atoms with Gasteiger partial charge in [0.1, 0.15) is 23.8 Å². The fourth-order valence-electron chi connectivity index (χ4n) is 2.58. The van der Waals surface area contributed by atoms with E-state index >= 15 is 0 Å². The molecule has 1 saturated heterocycles. The number of nitrogens with zero attached hydrogens (tertiary/aromatic N) is 2. The second kappa shape index (κ2) is 7.08. The summed E-state index contributed by atoms with van der Waals surface area (Å²) in [6, 6.07) is 7.64. The van der Waals surface area contributed by atoms with Crippen LogP contribution in [0.4, 0.5) is 4.39 Å². The Morgan fingerprint density at radius 2 is 2.17 bits per heavy atom. The van der Waals surface area contributed by atoms with E-state index in [2.05, 4.69) is 15.1 Å². The molecule has 0 radical (unpaired) electrons. The highest BCUT2D eigenvalue weighted by atomic mass is 19.1. The number of aromatic nitrogens is 2. The van der Waals surface area contributed by atoms with Gasteiger partial charge in [0.25, 0.3) is 0 Å². The fraction of sp³-hybridized carbons (Fsp3) is 0.438. The molecule has 7 heteroatoms. The molecule has 1 aromatic heterocycles. The monoisotopic (exact) mass is 321 g/mol. The lowest BCUT2D eigenvalue weighted by Crippen LogP contribution is -2.48. The van der Waals surface area contributed by atoms with E-state index in [9.17, 15) is 9.50 Å². The Hall–Kier alpha value is -1.96. The topological polar surface area (TPSA) is 70.6 Å². The highest BCUT2D eigenvalue weighted by Crippen LogP contribution is 2.18. The van der Waals surface area contributed by atoms with Gasteiger partial charge < -0.3 is 14.6 Å². The SMILES string of the molecule is O[C@]1(COc2ccc(F)cc2)COCCN(Cc2ccn[nH]2)C1. The van der Waals surface area contributed by atoms with Gasteiger partial charge in [0.05, 0.1) is 13.2 Å². The van der Waals surface area contributed by atoms with Crippen LogP contribution in [0.2, 0.25) is 0 Å². The van der Waals surface area contributed by atoms with E-state index in [4.69, 9.17) is 9.47 Å². The van der Waals surface area contributed by atoms with Gasteiger partial charge in [0, 0.05) is 31.5 Å². The average Bonchev–Trinajstić information content (AvgIpc) is 2.97. The number of aliphatic hydroxyl groups is 1. The van der Waals surface area contributed by atoms with Crippen molar-refractivity contribution in [3.8, 4) is 5.75 Å². The first kappa shape index (κ1) is 15.9. The van der Waals surface area contributed by atoms with Crippen LogP contribution in [0.25, 0.3) is 0 Å². The first-order valence-electron chi connectivity index (χ1n) is 7.52. The minimum absolute atomic E-state index is 0.0815. The van der Waals surface area contributed by atoms with Gasteiger partial charge in [-0.3, -0.25) is 10.00 Å². The van der Waals surface area contributed by atoms with E-state index in [1.165, 1.54) is 12.1 Å². The molecule has 3 rings (SSSR count). The van der Waals surface area contributed by atoms with E-state index in [1.807, 2.05) is 6.07 Å². The minimum Gasteiger partial charge on any atom is -0.490 e. The van der Waals surface area contributed by atoms with Gasteiger partial charge in [-0.15, -0.1) is 0 Å². The minimum atomic E-state index is -1.12. The smallest absolute Gasteiger partial charge is 0.134 e. The lowest BCUT2D eigenvalue weighted by Gasteiger charge is -2.30. The highest BCUT2D eigenvalue weighted by molar-refractivity contribution is 5.22. The molecule has 1 aliphatic rings. The van der Waals surface area contributed by atoms with Crippen LogP contribution in [-0.4, -0.2) is 58.7 Å². The molecule has 23 heavy (non-hydrogen) atoms. The van der Waals surface area contributed by atoms with Crippen LogP contribution < -0.4 is 4.74 Å². The fourth-order valence-corrected chi connectivity index (χ4v) is 2.58. The molecule has 0 unspecified atom stereocenters. The van der Waals surface area contributed by atoms with Crippen LogP contribution in [0.15, 0.2) is 36.5 Å². The van der Waals surface area contributed by atoms with Crippen molar-refractivity contribution in [2.45, 2.75) is 12.1 Å². The van der Waals surface area contributed by atoms with E-state index < -0.39 is 5.60 Å². The standard InChI is InChI=1S/C16H20FN3O3/c17-13-1-3-15(4-2-13)23-12-16(21)10-20(7-8-22-11-16)9-14-5-6-18-19-14/h1-6,21H,7-12H2,(H,18,19)/t16-/m0/s1. The summed E-state index contributed by atoms with van der Waals surface area (Å²) in [5.41, 5.74) is -0.140. The third-order valence-electron chi connectivity index (χ3n) is 3.71. The molecule has 6 nitrogen and oxygen atoms in total. The van der Waals surface area contributed by atoms with Gasteiger partial charge in [0.15, 0.2) is 0 Å². The number of ether oxygens (including phenoxy) is 2. The lowest BCUT2D eigenvalue weighted by molar-refractivity contribution is -0.0647. The summed E-state index contributed by atoms with van der Waals surface area (Å²) in [6.45, 7) is 2.63. The molecule has 0 spiro atoms. The van der Waals surface area contributed by atoms with Gasteiger partial charge in [0.2, 0.25) is 0 Å². The third-order valence-corrected chi connectivity index (χ3v) is 3.71. The predicted octanol–water partition coefficient (Wildman–Crippen LogP) is 1.19. The molecule has 0 bridgehead atoms. The van der Waals surface area contributed by atoms with E-state index in [-0.39, 0.29) is 19.0 Å². The molecule has 0 saturated carbocycles. The van der Waals surface area contributed by atoms with Gasteiger partial charge in [-0.1, -0.05) is 0 Å². The number of hydrogen-bond acceptors (Lipinski definition) is 5. The molecule has 1 aliphatic heterocycles. The van der Waals surface area contributed by atoms with Crippen LogP contribution in [0.1, 0.15) is 5.69 Å². The van der Waals surface area contributed by atoms with Crippen LogP contribution in [-0.2, 0) is 11.3 Å². The van der Waals surface area contributed by atoms with Crippen LogP contribution in [0.5, 0.6) is 5.75 Å². The summed E-state index contributed by atoms with van der Waals surface area (Å²) in [7, 11) is 0. The maximum absolute atomic E-state index is 12.9. The zero-order chi connectivity index (χ0) is 16.1.